The lowest BCUT2D eigenvalue weighted by molar-refractivity contribution is 0.301. The van der Waals surface area contributed by atoms with Crippen LogP contribution in [0.25, 0.3) is 11.0 Å². The summed E-state index contributed by atoms with van der Waals surface area (Å²) < 4.78 is 0. The van der Waals surface area contributed by atoms with Crippen LogP contribution in [0.3, 0.4) is 0 Å². The Balaban J connectivity index is 1.78. The minimum Gasteiger partial charge on any atom is -0.380 e. The number of piperazine rings is 1. The van der Waals surface area contributed by atoms with Crippen molar-refractivity contribution >= 4 is 11.0 Å². The van der Waals surface area contributed by atoms with Gasteiger partial charge in [0.1, 0.15) is 0 Å². The molecule has 2 heterocycles. The van der Waals surface area contributed by atoms with Gasteiger partial charge in [-0.15, -0.1) is 0 Å². The summed E-state index contributed by atoms with van der Waals surface area (Å²) in [7, 11) is 0. The second-order valence-corrected chi connectivity index (χ2v) is 7.09. The van der Waals surface area contributed by atoms with Crippen molar-refractivity contribution in [3.05, 3.63) is 71.4 Å². The summed E-state index contributed by atoms with van der Waals surface area (Å²) in [5, 5.41) is 7.08. The minimum atomic E-state index is 0.756. The van der Waals surface area contributed by atoms with Gasteiger partial charge in [0.15, 0.2) is 0 Å². The Labute approximate surface area is 168 Å². The van der Waals surface area contributed by atoms with E-state index in [1.54, 1.807) is 12.4 Å². The van der Waals surface area contributed by atoms with E-state index in [1.807, 2.05) is 6.07 Å². The Morgan fingerprint density at radius 3 is 2.61 bits per heavy atom. The van der Waals surface area contributed by atoms with Crippen molar-refractivity contribution in [2.45, 2.75) is 33.7 Å². The maximum Gasteiger partial charge on any atom is 0.0890 e. The van der Waals surface area contributed by atoms with Gasteiger partial charge in [0.2, 0.25) is 0 Å². The van der Waals surface area contributed by atoms with E-state index in [4.69, 9.17) is 0 Å². The number of benzene rings is 1. The second kappa shape index (κ2) is 10.0. The largest absolute Gasteiger partial charge is 0.380 e. The van der Waals surface area contributed by atoms with Crippen molar-refractivity contribution in [2.24, 2.45) is 0 Å². The summed E-state index contributed by atoms with van der Waals surface area (Å²) in [6, 6.07) is 6.26. The number of aromatic nitrogens is 2. The predicted octanol–water partition coefficient (Wildman–Crippen LogP) is 3.77. The molecular weight excluding hydrogens is 346 g/mol. The first kappa shape index (κ1) is 20.1. The van der Waals surface area contributed by atoms with Gasteiger partial charge in [0.25, 0.3) is 0 Å². The van der Waals surface area contributed by atoms with E-state index < -0.39 is 0 Å². The molecule has 0 bridgehead atoms. The van der Waals surface area contributed by atoms with Gasteiger partial charge in [0.05, 0.1) is 22.4 Å². The Hall–Kier alpha value is -2.66. The van der Waals surface area contributed by atoms with Crippen LogP contribution in [0, 0.1) is 0 Å². The molecule has 148 valence electrons. The normalized spacial score (nSPS) is 16.5. The van der Waals surface area contributed by atoms with Crippen molar-refractivity contribution in [3.8, 4) is 0 Å². The van der Waals surface area contributed by atoms with Crippen LogP contribution < -0.4 is 10.6 Å². The Kier molecular flexibility index (Phi) is 7.20. The van der Waals surface area contributed by atoms with Crippen LogP contribution in [-0.4, -0.2) is 41.0 Å². The van der Waals surface area contributed by atoms with Gasteiger partial charge in [0, 0.05) is 45.1 Å². The zero-order valence-corrected chi connectivity index (χ0v) is 17.2. The first-order chi connectivity index (χ1) is 13.7. The third-order valence-corrected chi connectivity index (χ3v) is 5.12. The SMILES string of the molecule is C\C=C(NCc1ccc2nccnc2c1)/C(=C\C=C(/C)CC)N1CCNCC1. The molecule has 1 aromatic heterocycles. The van der Waals surface area contributed by atoms with Crippen LogP contribution in [0.5, 0.6) is 0 Å². The average Bonchev–Trinajstić information content (AvgIpc) is 2.76. The minimum absolute atomic E-state index is 0.756. The van der Waals surface area contributed by atoms with E-state index in [-0.39, 0.29) is 0 Å². The molecule has 2 N–H and O–H groups in total. The Bertz CT molecular complexity index is 875. The summed E-state index contributed by atoms with van der Waals surface area (Å²) in [6.45, 7) is 11.3. The molecule has 1 aromatic carbocycles. The smallest absolute Gasteiger partial charge is 0.0890 e. The van der Waals surface area contributed by atoms with E-state index in [1.165, 1.54) is 22.5 Å². The maximum atomic E-state index is 4.42. The molecule has 28 heavy (non-hydrogen) atoms. The van der Waals surface area contributed by atoms with Gasteiger partial charge in [-0.05, 0) is 44.0 Å². The number of nitrogens with zero attached hydrogens (tertiary/aromatic N) is 3. The fourth-order valence-corrected chi connectivity index (χ4v) is 3.27. The molecule has 0 atom stereocenters. The molecular formula is C23H31N5. The molecule has 5 heteroatoms. The molecule has 3 rings (SSSR count). The molecule has 1 saturated heterocycles. The van der Waals surface area contributed by atoms with Crippen LogP contribution in [0.2, 0.25) is 0 Å². The van der Waals surface area contributed by atoms with Crippen LogP contribution in [0.1, 0.15) is 32.8 Å². The van der Waals surface area contributed by atoms with E-state index >= 15 is 0 Å². The van der Waals surface area contributed by atoms with Gasteiger partial charge >= 0.3 is 0 Å². The van der Waals surface area contributed by atoms with Crippen LogP contribution in [-0.2, 0) is 6.54 Å². The quantitative estimate of drug-likeness (QED) is 0.720. The molecule has 0 radical (unpaired) electrons. The topological polar surface area (TPSA) is 53.1 Å². The number of hydrogen-bond donors (Lipinski definition) is 2. The molecule has 0 spiro atoms. The highest BCUT2D eigenvalue weighted by Gasteiger charge is 2.16. The lowest BCUT2D eigenvalue weighted by Crippen LogP contribution is -2.44. The van der Waals surface area contributed by atoms with Crippen molar-refractivity contribution in [2.75, 3.05) is 26.2 Å². The molecule has 1 fully saturated rings. The summed E-state index contributed by atoms with van der Waals surface area (Å²) in [5.41, 5.74) is 6.88. The van der Waals surface area contributed by atoms with E-state index in [2.05, 4.69) is 76.6 Å². The number of nitrogens with one attached hydrogen (secondary N) is 2. The maximum absolute atomic E-state index is 4.42. The van der Waals surface area contributed by atoms with Crippen molar-refractivity contribution in [3.63, 3.8) is 0 Å². The highest BCUT2D eigenvalue weighted by molar-refractivity contribution is 5.74. The van der Waals surface area contributed by atoms with Gasteiger partial charge in [-0.25, -0.2) is 0 Å². The summed E-state index contributed by atoms with van der Waals surface area (Å²) >= 11 is 0. The zero-order chi connectivity index (χ0) is 19.8. The standard InChI is InChI=1S/C23H31N5/c1-4-18(3)6-9-23(28-14-12-24-13-15-28)20(5-2)27-17-19-7-8-21-22(16-19)26-11-10-25-21/h5-11,16,24,27H,4,12-15,17H2,1-3H3/b18-6+,20-5+,23-9+. The van der Waals surface area contributed by atoms with Crippen molar-refractivity contribution in [1.82, 2.24) is 25.5 Å². The van der Waals surface area contributed by atoms with Gasteiger partial charge < -0.3 is 15.5 Å². The third kappa shape index (κ3) is 5.20. The van der Waals surface area contributed by atoms with Gasteiger partial charge in [-0.3, -0.25) is 9.97 Å². The third-order valence-electron chi connectivity index (χ3n) is 5.12. The second-order valence-electron chi connectivity index (χ2n) is 7.09. The van der Waals surface area contributed by atoms with E-state index in [9.17, 15) is 0 Å². The molecule has 0 saturated carbocycles. The molecule has 5 nitrogen and oxygen atoms in total. The lowest BCUT2D eigenvalue weighted by atomic mass is 10.1. The summed E-state index contributed by atoms with van der Waals surface area (Å²) in [5.74, 6) is 0. The molecule has 1 aliphatic heterocycles. The number of hydrogen-bond acceptors (Lipinski definition) is 5. The van der Waals surface area contributed by atoms with Crippen molar-refractivity contribution in [1.29, 1.82) is 0 Å². The summed E-state index contributed by atoms with van der Waals surface area (Å²) in [4.78, 5) is 11.2. The molecule has 1 aliphatic rings. The Morgan fingerprint density at radius 2 is 1.89 bits per heavy atom. The van der Waals surface area contributed by atoms with Crippen LogP contribution >= 0.6 is 0 Å². The molecule has 2 aromatic rings. The highest BCUT2D eigenvalue weighted by atomic mass is 15.2. The van der Waals surface area contributed by atoms with E-state index in [0.717, 1.165) is 50.2 Å². The van der Waals surface area contributed by atoms with E-state index in [0.29, 0.717) is 0 Å². The monoisotopic (exact) mass is 377 g/mol. The average molecular weight is 378 g/mol. The van der Waals surface area contributed by atoms with Crippen molar-refractivity contribution < 1.29 is 0 Å². The first-order valence-corrected chi connectivity index (χ1v) is 10.1. The van der Waals surface area contributed by atoms with Crippen LogP contribution in [0.15, 0.2) is 65.8 Å². The number of fused-ring (bicyclic) bond motifs is 1. The summed E-state index contributed by atoms with van der Waals surface area (Å²) in [6.07, 6.45) is 11.2. The fourth-order valence-electron chi connectivity index (χ4n) is 3.27. The lowest BCUT2D eigenvalue weighted by Gasteiger charge is -2.33. The molecule has 0 unspecified atom stereocenters. The predicted molar refractivity (Wildman–Crippen MR) is 117 cm³/mol. The zero-order valence-electron chi connectivity index (χ0n) is 17.2. The number of rotatable bonds is 7. The first-order valence-electron chi connectivity index (χ1n) is 10.1. The van der Waals surface area contributed by atoms with Gasteiger partial charge in [-0.2, -0.15) is 0 Å². The van der Waals surface area contributed by atoms with Crippen LogP contribution in [0.4, 0.5) is 0 Å². The van der Waals surface area contributed by atoms with Gasteiger partial charge in [-0.1, -0.05) is 30.7 Å². The fraction of sp³-hybridized carbons (Fsp3) is 0.391. The number of allylic oxidation sites excluding steroid dienone is 4. The molecule has 0 amide bonds. The Morgan fingerprint density at radius 1 is 1.14 bits per heavy atom. The highest BCUT2D eigenvalue weighted by Crippen LogP contribution is 2.17. The molecule has 0 aliphatic carbocycles.